The van der Waals surface area contributed by atoms with Gasteiger partial charge in [-0.15, -0.1) is 0 Å². The molecule has 0 radical (unpaired) electrons. The lowest BCUT2D eigenvalue weighted by molar-refractivity contribution is -0.170. The Balaban J connectivity index is 2.70. The van der Waals surface area contributed by atoms with Crippen LogP contribution in [0.3, 0.4) is 0 Å². The highest BCUT2D eigenvalue weighted by Gasteiger charge is 2.49. The van der Waals surface area contributed by atoms with E-state index >= 15 is 0 Å². The van der Waals surface area contributed by atoms with Gasteiger partial charge >= 0.3 is 12.3 Å². The molecule has 0 aliphatic rings. The fourth-order valence-electron chi connectivity index (χ4n) is 1.22. The Morgan fingerprint density at radius 2 is 1.76 bits per heavy atom. The maximum absolute atomic E-state index is 12.7. The van der Waals surface area contributed by atoms with Gasteiger partial charge in [0.25, 0.3) is 5.91 Å². The van der Waals surface area contributed by atoms with E-state index in [0.717, 1.165) is 0 Å². The summed E-state index contributed by atoms with van der Waals surface area (Å²) in [7, 11) is 0. The van der Waals surface area contributed by atoms with Crippen molar-refractivity contribution >= 4 is 5.91 Å². The lowest BCUT2D eigenvalue weighted by Gasteiger charge is -2.19. The van der Waals surface area contributed by atoms with Crippen molar-refractivity contribution in [3.8, 4) is 0 Å². The van der Waals surface area contributed by atoms with Gasteiger partial charge in [-0.1, -0.05) is 30.3 Å². The largest absolute Gasteiger partial charge is 0.383 e. The molecule has 0 unspecified atom stereocenters. The van der Waals surface area contributed by atoms with Gasteiger partial charge in [-0.2, -0.15) is 8.78 Å². The van der Waals surface area contributed by atoms with Crippen LogP contribution in [0.2, 0.25) is 0 Å². The number of alkyl halides is 4. The van der Waals surface area contributed by atoms with Gasteiger partial charge in [0, 0.05) is 0 Å². The van der Waals surface area contributed by atoms with Gasteiger partial charge in [-0.3, -0.25) is 4.79 Å². The van der Waals surface area contributed by atoms with E-state index in [-0.39, 0.29) is 0 Å². The van der Waals surface area contributed by atoms with E-state index in [9.17, 15) is 22.4 Å². The summed E-state index contributed by atoms with van der Waals surface area (Å²) >= 11 is 0. The third-order valence-electron chi connectivity index (χ3n) is 2.22. The second-order valence-corrected chi connectivity index (χ2v) is 3.53. The molecular formula is C11H11F4NO. The molecule has 0 fully saturated rings. The van der Waals surface area contributed by atoms with Gasteiger partial charge < -0.3 is 5.32 Å². The van der Waals surface area contributed by atoms with E-state index in [0.29, 0.717) is 5.56 Å². The molecule has 0 saturated carbocycles. The number of carbonyl (C=O) groups is 1. The molecule has 2 nitrogen and oxygen atoms in total. The van der Waals surface area contributed by atoms with Crippen LogP contribution in [0, 0.1) is 0 Å². The maximum Gasteiger partial charge on any atom is 0.383 e. The third-order valence-corrected chi connectivity index (χ3v) is 2.22. The number of benzene rings is 1. The summed E-state index contributed by atoms with van der Waals surface area (Å²) in [5, 5.41) is 1.85. The van der Waals surface area contributed by atoms with E-state index in [4.69, 9.17) is 0 Å². The van der Waals surface area contributed by atoms with E-state index in [1.807, 2.05) is 5.32 Å². The van der Waals surface area contributed by atoms with Crippen LogP contribution in [-0.2, 0) is 4.79 Å². The fourth-order valence-corrected chi connectivity index (χ4v) is 1.22. The average Bonchev–Trinajstić information content (AvgIpc) is 2.29. The first kappa shape index (κ1) is 13.5. The van der Waals surface area contributed by atoms with Gasteiger partial charge in [-0.05, 0) is 12.5 Å². The smallest absolute Gasteiger partial charge is 0.344 e. The third kappa shape index (κ3) is 3.18. The van der Waals surface area contributed by atoms with Crippen LogP contribution < -0.4 is 5.32 Å². The molecule has 1 N–H and O–H groups in total. The lowest BCUT2D eigenvalue weighted by atomic mass is 10.1. The average molecular weight is 249 g/mol. The standard InChI is InChI=1S/C11H11F4NO/c1-7(8-5-3-2-4-6-8)16-10(17)11(14,15)9(12)13/h2-7,9H,1H3,(H,16,17)/t7-/m0/s1. The first-order chi connectivity index (χ1) is 7.85. The zero-order chi connectivity index (χ0) is 13.1. The molecule has 1 amide bonds. The molecule has 0 aliphatic carbocycles. The number of halogens is 4. The van der Waals surface area contributed by atoms with Gasteiger partial charge in [0.05, 0.1) is 6.04 Å². The number of rotatable bonds is 4. The second kappa shape index (κ2) is 5.16. The summed E-state index contributed by atoms with van der Waals surface area (Å²) in [5.41, 5.74) is 0.561. The van der Waals surface area contributed by atoms with Crippen molar-refractivity contribution in [1.29, 1.82) is 0 Å². The SMILES string of the molecule is C[C@H](NC(=O)C(F)(F)C(F)F)c1ccccc1. The van der Waals surface area contributed by atoms with Crippen LogP contribution in [-0.4, -0.2) is 18.3 Å². The minimum absolute atomic E-state index is 0.561. The van der Waals surface area contributed by atoms with Crippen molar-refractivity contribution < 1.29 is 22.4 Å². The molecule has 1 aromatic rings. The van der Waals surface area contributed by atoms with Crippen LogP contribution in [0.25, 0.3) is 0 Å². The van der Waals surface area contributed by atoms with Crippen LogP contribution in [0.15, 0.2) is 30.3 Å². The Labute approximate surface area is 95.6 Å². The highest BCUT2D eigenvalue weighted by atomic mass is 19.3. The highest BCUT2D eigenvalue weighted by Crippen LogP contribution is 2.24. The summed E-state index contributed by atoms with van der Waals surface area (Å²) in [5.74, 6) is -6.63. The maximum atomic E-state index is 12.7. The minimum Gasteiger partial charge on any atom is -0.344 e. The van der Waals surface area contributed by atoms with Crippen molar-refractivity contribution in [2.24, 2.45) is 0 Å². The van der Waals surface area contributed by atoms with Crippen LogP contribution in [0.5, 0.6) is 0 Å². The molecule has 0 saturated heterocycles. The number of hydrogen-bond donors (Lipinski definition) is 1. The van der Waals surface area contributed by atoms with Crippen molar-refractivity contribution in [2.75, 3.05) is 0 Å². The molecule has 94 valence electrons. The van der Waals surface area contributed by atoms with Crippen molar-refractivity contribution in [3.05, 3.63) is 35.9 Å². The summed E-state index contributed by atoms with van der Waals surface area (Å²) in [4.78, 5) is 10.9. The quantitative estimate of drug-likeness (QED) is 0.817. The number of carbonyl (C=O) groups excluding carboxylic acids is 1. The molecule has 0 spiro atoms. The van der Waals surface area contributed by atoms with Gasteiger partial charge in [-0.25, -0.2) is 8.78 Å². The molecule has 0 heterocycles. The van der Waals surface area contributed by atoms with Gasteiger partial charge in [0.2, 0.25) is 0 Å². The highest BCUT2D eigenvalue weighted by molar-refractivity contribution is 5.84. The zero-order valence-electron chi connectivity index (χ0n) is 8.96. The van der Waals surface area contributed by atoms with E-state index in [2.05, 4.69) is 0 Å². The van der Waals surface area contributed by atoms with Gasteiger partial charge in [0.15, 0.2) is 0 Å². The van der Waals surface area contributed by atoms with Gasteiger partial charge in [0.1, 0.15) is 0 Å². The first-order valence-electron chi connectivity index (χ1n) is 4.87. The Bertz CT molecular complexity index is 380. The summed E-state index contributed by atoms with van der Waals surface area (Å²) in [6, 6.07) is 7.48. The summed E-state index contributed by atoms with van der Waals surface area (Å²) < 4.78 is 49.1. The summed E-state index contributed by atoms with van der Waals surface area (Å²) in [6.45, 7) is 1.44. The number of amides is 1. The van der Waals surface area contributed by atoms with Crippen LogP contribution >= 0.6 is 0 Å². The Morgan fingerprint density at radius 3 is 2.24 bits per heavy atom. The minimum atomic E-state index is -4.66. The Morgan fingerprint density at radius 1 is 1.24 bits per heavy atom. The topological polar surface area (TPSA) is 29.1 Å². The number of nitrogens with one attached hydrogen (secondary N) is 1. The first-order valence-corrected chi connectivity index (χ1v) is 4.87. The molecule has 0 aliphatic heterocycles. The predicted octanol–water partition coefficient (Wildman–Crippen LogP) is 2.76. The fraction of sp³-hybridized carbons (Fsp3) is 0.364. The molecule has 1 aromatic carbocycles. The van der Waals surface area contributed by atoms with Crippen molar-refractivity contribution in [3.63, 3.8) is 0 Å². The zero-order valence-corrected chi connectivity index (χ0v) is 8.96. The Hall–Kier alpha value is -1.59. The van der Waals surface area contributed by atoms with E-state index in [1.54, 1.807) is 30.3 Å². The van der Waals surface area contributed by atoms with E-state index < -0.39 is 24.3 Å². The molecule has 0 aromatic heterocycles. The molecule has 1 atom stereocenters. The molecule has 6 heteroatoms. The Kier molecular flexibility index (Phi) is 4.09. The molecule has 0 bridgehead atoms. The van der Waals surface area contributed by atoms with Crippen LogP contribution in [0.1, 0.15) is 18.5 Å². The number of hydrogen-bond acceptors (Lipinski definition) is 1. The van der Waals surface area contributed by atoms with Crippen LogP contribution in [0.4, 0.5) is 17.6 Å². The lowest BCUT2D eigenvalue weighted by Crippen LogP contribution is -2.45. The van der Waals surface area contributed by atoms with Crippen molar-refractivity contribution in [1.82, 2.24) is 5.32 Å². The predicted molar refractivity (Wildman–Crippen MR) is 54.0 cm³/mol. The summed E-state index contributed by atoms with van der Waals surface area (Å²) in [6.07, 6.45) is -4.01. The van der Waals surface area contributed by atoms with E-state index in [1.165, 1.54) is 6.92 Å². The molecule has 17 heavy (non-hydrogen) atoms. The molecule has 1 rings (SSSR count). The monoisotopic (exact) mass is 249 g/mol. The molecular weight excluding hydrogens is 238 g/mol. The normalized spacial score (nSPS) is 13.5. The van der Waals surface area contributed by atoms with Crippen molar-refractivity contribution in [2.45, 2.75) is 25.3 Å². The second-order valence-electron chi connectivity index (χ2n) is 3.53.